The predicted molar refractivity (Wildman–Crippen MR) is 128 cm³/mol. The third-order valence-electron chi connectivity index (χ3n) is 6.10. The van der Waals surface area contributed by atoms with Gasteiger partial charge < -0.3 is 0 Å². The van der Waals surface area contributed by atoms with E-state index in [1.165, 1.54) is 21.5 Å². The van der Waals surface area contributed by atoms with Crippen LogP contribution in [0.3, 0.4) is 0 Å². The summed E-state index contributed by atoms with van der Waals surface area (Å²) in [6.45, 7) is 7.07. The Balaban J connectivity index is 2.04. The van der Waals surface area contributed by atoms with Crippen LogP contribution in [-0.4, -0.2) is 8.07 Å². The highest BCUT2D eigenvalue weighted by molar-refractivity contribution is 7.07. The van der Waals surface area contributed by atoms with Gasteiger partial charge in [0.15, 0.2) is 0 Å². The molecule has 0 N–H and O–H groups in total. The highest BCUT2D eigenvalue weighted by atomic mass is 28.3. The number of allylic oxidation sites excluding steroid dienone is 4. The van der Waals surface area contributed by atoms with Crippen molar-refractivity contribution in [3.8, 4) is 0 Å². The minimum atomic E-state index is -2.21. The van der Waals surface area contributed by atoms with Gasteiger partial charge in [0.25, 0.3) is 0 Å². The normalized spacial score (nSPS) is 14.4. The molecule has 1 heteroatoms. The summed E-state index contributed by atoms with van der Waals surface area (Å²) in [4.78, 5) is 0. The fourth-order valence-corrected chi connectivity index (χ4v) is 10.2. The van der Waals surface area contributed by atoms with Crippen molar-refractivity contribution in [2.75, 3.05) is 0 Å². The van der Waals surface area contributed by atoms with Crippen LogP contribution >= 0.6 is 0 Å². The fraction of sp³-hybridized carbons (Fsp3) is 0.214. The Morgan fingerprint density at radius 1 is 0.690 bits per heavy atom. The number of benzene rings is 3. The van der Waals surface area contributed by atoms with E-state index >= 15 is 0 Å². The van der Waals surface area contributed by atoms with E-state index in [1.54, 1.807) is 5.20 Å². The van der Waals surface area contributed by atoms with Gasteiger partial charge in [0.1, 0.15) is 8.07 Å². The van der Waals surface area contributed by atoms with Crippen LogP contribution < -0.4 is 10.4 Å². The molecule has 0 aromatic heterocycles. The van der Waals surface area contributed by atoms with Gasteiger partial charge in [-0.3, -0.25) is 0 Å². The van der Waals surface area contributed by atoms with Crippen molar-refractivity contribution in [2.24, 2.45) is 5.41 Å². The van der Waals surface area contributed by atoms with Crippen molar-refractivity contribution in [3.05, 3.63) is 119 Å². The van der Waals surface area contributed by atoms with E-state index in [9.17, 15) is 0 Å². The molecule has 146 valence electrons. The van der Waals surface area contributed by atoms with Gasteiger partial charge in [0, 0.05) is 0 Å². The molecule has 0 unspecified atom stereocenters. The van der Waals surface area contributed by atoms with Gasteiger partial charge in [-0.2, -0.15) is 0 Å². The van der Waals surface area contributed by atoms with Gasteiger partial charge in [0.05, 0.1) is 0 Å². The van der Waals surface area contributed by atoms with E-state index in [0.29, 0.717) is 0 Å². The molecular formula is C28H30Si. The lowest BCUT2D eigenvalue weighted by Crippen LogP contribution is -2.62. The topological polar surface area (TPSA) is 0 Å². The highest BCUT2D eigenvalue weighted by Crippen LogP contribution is 2.39. The second kappa shape index (κ2) is 8.00. The minimum Gasteiger partial charge on any atom is -0.0805 e. The maximum Gasteiger partial charge on any atom is 0.149 e. The maximum absolute atomic E-state index is 2.40. The number of hydrogen-bond acceptors (Lipinski definition) is 0. The van der Waals surface area contributed by atoms with Crippen molar-refractivity contribution < 1.29 is 0 Å². The van der Waals surface area contributed by atoms with Crippen molar-refractivity contribution in [1.29, 1.82) is 0 Å². The lowest BCUT2D eigenvalue weighted by Gasteiger charge is -2.38. The molecule has 0 saturated heterocycles. The van der Waals surface area contributed by atoms with Crippen LogP contribution in [0.1, 0.15) is 32.8 Å². The lowest BCUT2D eigenvalue weighted by atomic mass is 9.87. The average Bonchev–Trinajstić information content (AvgIpc) is 3.25. The Labute approximate surface area is 176 Å². The summed E-state index contributed by atoms with van der Waals surface area (Å²) in [5.74, 6) is 0. The molecule has 4 rings (SSSR count). The van der Waals surface area contributed by atoms with Gasteiger partial charge >= 0.3 is 0 Å². The monoisotopic (exact) mass is 394 g/mol. The quantitative estimate of drug-likeness (QED) is 0.475. The molecule has 1 aliphatic rings. The summed E-state index contributed by atoms with van der Waals surface area (Å²) >= 11 is 0. The first-order valence-corrected chi connectivity index (χ1v) is 12.8. The van der Waals surface area contributed by atoms with E-state index in [0.717, 1.165) is 12.5 Å². The minimum absolute atomic E-state index is 0.140. The zero-order chi connectivity index (χ0) is 20.3. The molecule has 0 radical (unpaired) electrons. The molecule has 3 aromatic rings. The first-order chi connectivity index (χ1) is 14.0. The molecule has 29 heavy (non-hydrogen) atoms. The Bertz CT molecular complexity index is 967. The smallest absolute Gasteiger partial charge is 0.0805 e. The number of hydrogen-bond donors (Lipinski definition) is 0. The van der Waals surface area contributed by atoms with Crippen molar-refractivity contribution in [1.82, 2.24) is 0 Å². The first-order valence-electron chi connectivity index (χ1n) is 10.6. The molecule has 1 aliphatic carbocycles. The van der Waals surface area contributed by atoms with Crippen molar-refractivity contribution in [2.45, 2.75) is 33.2 Å². The second-order valence-electron chi connectivity index (χ2n) is 9.05. The van der Waals surface area contributed by atoms with Gasteiger partial charge in [-0.1, -0.05) is 129 Å². The lowest BCUT2D eigenvalue weighted by molar-refractivity contribution is 0.516. The molecule has 0 amide bonds. The van der Waals surface area contributed by atoms with E-state index < -0.39 is 8.07 Å². The Morgan fingerprint density at radius 3 is 1.66 bits per heavy atom. The summed E-state index contributed by atoms with van der Waals surface area (Å²) < 4.78 is 0. The van der Waals surface area contributed by atoms with Gasteiger partial charge in [-0.25, -0.2) is 0 Å². The van der Waals surface area contributed by atoms with Crippen LogP contribution in [0.5, 0.6) is 0 Å². The van der Waals surface area contributed by atoms with E-state index in [-0.39, 0.29) is 5.41 Å². The van der Waals surface area contributed by atoms with Crippen LogP contribution in [0, 0.1) is 5.41 Å². The third-order valence-corrected chi connectivity index (χ3v) is 11.2. The van der Waals surface area contributed by atoms with Gasteiger partial charge in [-0.05, 0) is 39.4 Å². The summed E-state index contributed by atoms with van der Waals surface area (Å²) in [7, 11) is -2.21. The summed E-state index contributed by atoms with van der Waals surface area (Å²) in [5, 5.41) is 4.69. The molecule has 0 bridgehead atoms. The van der Waals surface area contributed by atoms with Crippen LogP contribution in [0.25, 0.3) is 0 Å². The Morgan fingerprint density at radius 2 is 1.17 bits per heavy atom. The molecule has 0 atom stereocenters. The van der Waals surface area contributed by atoms with Gasteiger partial charge in [0.2, 0.25) is 0 Å². The zero-order valence-corrected chi connectivity index (χ0v) is 18.7. The van der Waals surface area contributed by atoms with E-state index in [4.69, 9.17) is 0 Å². The van der Waals surface area contributed by atoms with E-state index in [2.05, 4.69) is 124 Å². The molecule has 0 spiro atoms. The third kappa shape index (κ3) is 3.80. The molecular weight excluding hydrogens is 364 g/mol. The summed E-state index contributed by atoms with van der Waals surface area (Å²) in [6.07, 6.45) is 5.85. The Hall–Kier alpha value is -2.64. The largest absolute Gasteiger partial charge is 0.149 e. The van der Waals surface area contributed by atoms with E-state index in [1.807, 2.05) is 0 Å². The second-order valence-corrected chi connectivity index (χ2v) is 13.0. The summed E-state index contributed by atoms with van der Waals surface area (Å²) in [6, 6.07) is 34.8. The molecule has 0 saturated carbocycles. The van der Waals surface area contributed by atoms with Crippen LogP contribution in [-0.2, 0) is 6.04 Å². The van der Waals surface area contributed by atoms with Gasteiger partial charge in [-0.15, -0.1) is 0 Å². The fourth-order valence-electron chi connectivity index (χ4n) is 4.79. The zero-order valence-electron chi connectivity index (χ0n) is 17.7. The molecule has 3 aromatic carbocycles. The van der Waals surface area contributed by atoms with Crippen molar-refractivity contribution in [3.63, 3.8) is 0 Å². The molecule has 0 nitrogen and oxygen atoms in total. The highest BCUT2D eigenvalue weighted by Gasteiger charge is 2.44. The SMILES string of the molecule is CC(C)(C)C1=C([Si](Cc2ccccc2)(c2ccccc2)c2ccccc2)CC=C1. The maximum atomic E-state index is 2.40. The average molecular weight is 395 g/mol. The van der Waals surface area contributed by atoms with Crippen molar-refractivity contribution >= 4 is 18.4 Å². The Kier molecular flexibility index (Phi) is 5.43. The van der Waals surface area contributed by atoms with Crippen LogP contribution in [0.4, 0.5) is 0 Å². The van der Waals surface area contributed by atoms with Crippen LogP contribution in [0.15, 0.2) is 114 Å². The summed E-state index contributed by atoms with van der Waals surface area (Å²) in [5.41, 5.74) is 3.10. The first kappa shape index (κ1) is 19.7. The number of rotatable bonds is 5. The standard InChI is InChI=1S/C28H30Si/c1-28(2,3)26-20-13-21-27(26)29(24-16-9-5-10-17-24,25-18-11-6-12-19-25)22-23-14-7-4-8-15-23/h4-20H,21-22H2,1-3H3. The molecule has 0 aliphatic heterocycles. The molecule has 0 fully saturated rings. The predicted octanol–water partition coefficient (Wildman–Crippen LogP) is 5.87. The van der Waals surface area contributed by atoms with Crippen LogP contribution in [0.2, 0.25) is 0 Å². The molecule has 0 heterocycles.